The molecule has 0 unspecified atom stereocenters. The van der Waals surface area contributed by atoms with Crippen molar-refractivity contribution >= 4 is 18.0 Å². The number of furan rings is 1. The number of hydrogen-bond donors (Lipinski definition) is 0. The molecule has 0 spiro atoms. The molecule has 0 aliphatic carbocycles. The second kappa shape index (κ2) is 3.98. The summed E-state index contributed by atoms with van der Waals surface area (Å²) in [5, 5.41) is 0.602. The summed E-state index contributed by atoms with van der Waals surface area (Å²) >= 11 is 1.81. The average molecular weight is 198 g/mol. The second-order valence-corrected chi connectivity index (χ2v) is 4.18. The van der Waals surface area contributed by atoms with Crippen molar-refractivity contribution in [2.75, 3.05) is 13.2 Å². The van der Waals surface area contributed by atoms with Gasteiger partial charge in [-0.3, -0.25) is 4.79 Å². The third-order valence-corrected chi connectivity index (χ3v) is 3.06. The molecule has 1 aliphatic rings. The standard InChI is InChI=1S/C9H10O3S/c10-3-7-1-2-8(12-7)6-13-9-4-11-5-9/h1-3,9H,4-6H2. The first kappa shape index (κ1) is 8.84. The van der Waals surface area contributed by atoms with Crippen LogP contribution in [0.2, 0.25) is 0 Å². The van der Waals surface area contributed by atoms with Crippen molar-refractivity contribution in [1.29, 1.82) is 0 Å². The summed E-state index contributed by atoms with van der Waals surface area (Å²) in [4.78, 5) is 10.3. The van der Waals surface area contributed by atoms with Crippen molar-refractivity contribution in [2.45, 2.75) is 11.0 Å². The van der Waals surface area contributed by atoms with Crippen LogP contribution in [0.25, 0.3) is 0 Å². The van der Waals surface area contributed by atoms with E-state index < -0.39 is 0 Å². The molecule has 0 bridgehead atoms. The van der Waals surface area contributed by atoms with Crippen LogP contribution < -0.4 is 0 Å². The zero-order valence-electron chi connectivity index (χ0n) is 7.06. The van der Waals surface area contributed by atoms with Crippen molar-refractivity contribution < 1.29 is 13.9 Å². The molecule has 1 saturated heterocycles. The summed E-state index contributed by atoms with van der Waals surface area (Å²) < 4.78 is 10.3. The number of rotatable bonds is 4. The van der Waals surface area contributed by atoms with E-state index in [1.165, 1.54) is 0 Å². The van der Waals surface area contributed by atoms with E-state index in [1.807, 2.05) is 6.07 Å². The predicted molar refractivity (Wildman–Crippen MR) is 50.0 cm³/mol. The average Bonchev–Trinajstić information content (AvgIpc) is 2.49. The van der Waals surface area contributed by atoms with Gasteiger partial charge in [0, 0.05) is 0 Å². The fourth-order valence-corrected chi connectivity index (χ4v) is 1.99. The van der Waals surface area contributed by atoms with Crippen LogP contribution in [0.4, 0.5) is 0 Å². The molecule has 1 aromatic rings. The number of ether oxygens (including phenoxy) is 1. The summed E-state index contributed by atoms with van der Waals surface area (Å²) in [5.41, 5.74) is 0. The minimum atomic E-state index is 0.403. The molecule has 0 radical (unpaired) electrons. The lowest BCUT2D eigenvalue weighted by molar-refractivity contribution is 0.0454. The molecule has 3 nitrogen and oxygen atoms in total. The highest BCUT2D eigenvalue weighted by Gasteiger charge is 2.18. The Morgan fingerprint density at radius 1 is 1.54 bits per heavy atom. The maximum absolute atomic E-state index is 10.3. The Hall–Kier alpha value is -0.740. The van der Waals surface area contributed by atoms with Crippen LogP contribution in [0.15, 0.2) is 16.5 Å². The van der Waals surface area contributed by atoms with Crippen molar-refractivity contribution in [3.05, 3.63) is 23.7 Å². The van der Waals surface area contributed by atoms with E-state index in [0.29, 0.717) is 11.0 Å². The van der Waals surface area contributed by atoms with Crippen LogP contribution in [-0.2, 0) is 10.5 Å². The minimum Gasteiger partial charge on any atom is -0.457 e. The van der Waals surface area contributed by atoms with E-state index in [1.54, 1.807) is 17.8 Å². The maximum Gasteiger partial charge on any atom is 0.185 e. The smallest absolute Gasteiger partial charge is 0.185 e. The van der Waals surface area contributed by atoms with E-state index in [4.69, 9.17) is 9.15 Å². The molecule has 70 valence electrons. The molecule has 0 saturated carbocycles. The van der Waals surface area contributed by atoms with Gasteiger partial charge in [-0.15, -0.1) is 11.8 Å². The Labute approximate surface area is 80.4 Å². The van der Waals surface area contributed by atoms with E-state index in [0.717, 1.165) is 31.0 Å². The van der Waals surface area contributed by atoms with Crippen LogP contribution in [-0.4, -0.2) is 24.7 Å². The molecule has 0 N–H and O–H groups in total. The van der Waals surface area contributed by atoms with Crippen molar-refractivity contribution in [3.8, 4) is 0 Å². The van der Waals surface area contributed by atoms with Gasteiger partial charge >= 0.3 is 0 Å². The van der Waals surface area contributed by atoms with Crippen LogP contribution in [0.1, 0.15) is 16.3 Å². The molecule has 1 fully saturated rings. The van der Waals surface area contributed by atoms with Crippen LogP contribution in [0.5, 0.6) is 0 Å². The van der Waals surface area contributed by atoms with E-state index >= 15 is 0 Å². The Morgan fingerprint density at radius 3 is 2.92 bits per heavy atom. The van der Waals surface area contributed by atoms with Gasteiger partial charge in [-0.1, -0.05) is 0 Å². The van der Waals surface area contributed by atoms with Gasteiger partial charge in [-0.25, -0.2) is 0 Å². The first-order chi connectivity index (χ1) is 6.38. The fraction of sp³-hybridized carbons (Fsp3) is 0.444. The lowest BCUT2D eigenvalue weighted by Crippen LogP contribution is -2.30. The second-order valence-electron chi connectivity index (χ2n) is 2.89. The molecule has 4 heteroatoms. The first-order valence-electron chi connectivity index (χ1n) is 4.12. The predicted octanol–water partition coefficient (Wildman–Crippen LogP) is 1.72. The largest absolute Gasteiger partial charge is 0.457 e. The Morgan fingerprint density at radius 2 is 2.38 bits per heavy atom. The quantitative estimate of drug-likeness (QED) is 0.691. The number of hydrogen-bond acceptors (Lipinski definition) is 4. The van der Waals surface area contributed by atoms with E-state index in [9.17, 15) is 4.79 Å². The molecular weight excluding hydrogens is 188 g/mol. The lowest BCUT2D eigenvalue weighted by Gasteiger charge is -2.24. The molecule has 13 heavy (non-hydrogen) atoms. The van der Waals surface area contributed by atoms with Crippen LogP contribution in [0, 0.1) is 0 Å². The monoisotopic (exact) mass is 198 g/mol. The number of aldehydes is 1. The highest BCUT2D eigenvalue weighted by molar-refractivity contribution is 7.99. The van der Waals surface area contributed by atoms with Crippen LogP contribution in [0.3, 0.4) is 0 Å². The zero-order valence-corrected chi connectivity index (χ0v) is 7.88. The highest BCUT2D eigenvalue weighted by Crippen LogP contribution is 2.23. The normalized spacial score (nSPS) is 16.9. The number of thioether (sulfide) groups is 1. The lowest BCUT2D eigenvalue weighted by atomic mass is 10.4. The van der Waals surface area contributed by atoms with Gasteiger partial charge in [0.15, 0.2) is 12.0 Å². The Bertz CT molecular complexity index is 291. The van der Waals surface area contributed by atoms with Gasteiger partial charge in [-0.05, 0) is 12.1 Å². The summed E-state index contributed by atoms with van der Waals surface area (Å²) in [6, 6.07) is 3.54. The molecule has 0 amide bonds. The molecule has 1 aliphatic heterocycles. The third kappa shape index (κ3) is 2.14. The minimum absolute atomic E-state index is 0.403. The van der Waals surface area contributed by atoms with Crippen molar-refractivity contribution in [1.82, 2.24) is 0 Å². The third-order valence-electron chi connectivity index (χ3n) is 1.87. The topological polar surface area (TPSA) is 39.4 Å². The van der Waals surface area contributed by atoms with Gasteiger partial charge in [0.2, 0.25) is 0 Å². The molecular formula is C9H10O3S. The molecule has 0 aromatic carbocycles. The summed E-state index contributed by atoms with van der Waals surface area (Å²) in [5.74, 6) is 2.08. The van der Waals surface area contributed by atoms with Gasteiger partial charge < -0.3 is 9.15 Å². The van der Waals surface area contributed by atoms with Gasteiger partial charge in [0.05, 0.1) is 24.2 Å². The zero-order chi connectivity index (χ0) is 9.10. The molecule has 0 atom stereocenters. The van der Waals surface area contributed by atoms with Gasteiger partial charge in [0.1, 0.15) is 5.76 Å². The van der Waals surface area contributed by atoms with Gasteiger partial charge in [-0.2, -0.15) is 0 Å². The van der Waals surface area contributed by atoms with Crippen LogP contribution >= 0.6 is 11.8 Å². The molecule has 2 heterocycles. The Balaban J connectivity index is 1.82. The van der Waals surface area contributed by atoms with E-state index in [-0.39, 0.29) is 0 Å². The number of carbonyl (C=O) groups excluding carboxylic acids is 1. The summed E-state index contributed by atoms with van der Waals surface area (Å²) in [7, 11) is 0. The van der Waals surface area contributed by atoms with Gasteiger partial charge in [0.25, 0.3) is 0 Å². The Kier molecular flexibility index (Phi) is 2.71. The summed E-state index contributed by atoms with van der Waals surface area (Å²) in [6.07, 6.45) is 0.723. The maximum atomic E-state index is 10.3. The highest BCUT2D eigenvalue weighted by atomic mass is 32.2. The van der Waals surface area contributed by atoms with Crippen molar-refractivity contribution in [3.63, 3.8) is 0 Å². The first-order valence-corrected chi connectivity index (χ1v) is 5.16. The number of carbonyl (C=O) groups is 1. The summed E-state index contributed by atoms with van der Waals surface area (Å²) in [6.45, 7) is 1.68. The fourth-order valence-electron chi connectivity index (χ4n) is 1.05. The molecule has 1 aromatic heterocycles. The SMILES string of the molecule is O=Cc1ccc(CSC2COC2)o1. The van der Waals surface area contributed by atoms with Crippen molar-refractivity contribution in [2.24, 2.45) is 0 Å². The molecule has 2 rings (SSSR count). The van der Waals surface area contributed by atoms with E-state index in [2.05, 4.69) is 0 Å².